The predicted molar refractivity (Wildman–Crippen MR) is 80.0 cm³/mol. The number of rotatable bonds is 5. The van der Waals surface area contributed by atoms with Crippen molar-refractivity contribution in [3.05, 3.63) is 35.9 Å². The first-order valence-corrected chi connectivity index (χ1v) is 7.61. The van der Waals surface area contributed by atoms with Gasteiger partial charge in [0.15, 0.2) is 6.10 Å². The van der Waals surface area contributed by atoms with Gasteiger partial charge in [0.05, 0.1) is 6.54 Å². The standard InChI is InChI=1S/C16H19F3N2O3/c1-2-20-8-9-21(10-13(20)22)14(23)11-24-15(16(17,18)19)12-6-4-3-5-7-12/h3-7,15H,2,8-11H2,1H3/t15-/m1/s1. The monoisotopic (exact) mass is 344 g/mol. The highest BCUT2D eigenvalue weighted by atomic mass is 19.4. The van der Waals surface area contributed by atoms with Crippen molar-refractivity contribution in [1.29, 1.82) is 0 Å². The molecule has 0 spiro atoms. The molecule has 0 unspecified atom stereocenters. The summed E-state index contributed by atoms with van der Waals surface area (Å²) >= 11 is 0. The van der Waals surface area contributed by atoms with E-state index in [0.29, 0.717) is 19.6 Å². The second-order valence-corrected chi connectivity index (χ2v) is 5.43. The molecule has 1 atom stereocenters. The number of hydrogen-bond donors (Lipinski definition) is 0. The minimum absolute atomic E-state index is 0.0651. The van der Waals surface area contributed by atoms with Crippen molar-refractivity contribution >= 4 is 11.8 Å². The Bertz CT molecular complexity index is 578. The van der Waals surface area contributed by atoms with Crippen LogP contribution >= 0.6 is 0 Å². The third kappa shape index (κ3) is 4.47. The minimum Gasteiger partial charge on any atom is -0.354 e. The van der Waals surface area contributed by atoms with Crippen LogP contribution in [-0.2, 0) is 14.3 Å². The quantitative estimate of drug-likeness (QED) is 0.821. The van der Waals surface area contributed by atoms with Gasteiger partial charge in [-0.15, -0.1) is 0 Å². The van der Waals surface area contributed by atoms with Crippen molar-refractivity contribution in [3.8, 4) is 0 Å². The lowest BCUT2D eigenvalue weighted by Gasteiger charge is -2.34. The Morgan fingerprint density at radius 1 is 1.25 bits per heavy atom. The Kier molecular flexibility index (Phi) is 5.82. The summed E-state index contributed by atoms with van der Waals surface area (Å²) in [6.45, 7) is 2.19. The third-order valence-electron chi connectivity index (χ3n) is 3.83. The Morgan fingerprint density at radius 2 is 1.92 bits per heavy atom. The van der Waals surface area contributed by atoms with Crippen LogP contribution in [0.4, 0.5) is 13.2 Å². The van der Waals surface area contributed by atoms with Crippen LogP contribution in [0.1, 0.15) is 18.6 Å². The Labute approximate surface area is 138 Å². The molecular formula is C16H19F3N2O3. The third-order valence-corrected chi connectivity index (χ3v) is 3.83. The van der Waals surface area contributed by atoms with Crippen LogP contribution < -0.4 is 0 Å². The van der Waals surface area contributed by atoms with Crippen molar-refractivity contribution in [2.45, 2.75) is 19.2 Å². The molecule has 132 valence electrons. The maximum Gasteiger partial charge on any atom is 0.418 e. The lowest BCUT2D eigenvalue weighted by atomic mass is 10.1. The summed E-state index contributed by atoms with van der Waals surface area (Å²) in [5.41, 5.74) is -0.0651. The molecule has 1 saturated heterocycles. The lowest BCUT2D eigenvalue weighted by molar-refractivity contribution is -0.224. The maximum absolute atomic E-state index is 13.1. The van der Waals surface area contributed by atoms with Crippen molar-refractivity contribution in [2.75, 3.05) is 32.8 Å². The van der Waals surface area contributed by atoms with Crippen LogP contribution in [0.3, 0.4) is 0 Å². The first-order valence-electron chi connectivity index (χ1n) is 7.61. The molecule has 1 aromatic rings. The second kappa shape index (κ2) is 7.65. The van der Waals surface area contributed by atoms with Crippen LogP contribution in [0.25, 0.3) is 0 Å². The number of hydrogen-bond acceptors (Lipinski definition) is 3. The summed E-state index contributed by atoms with van der Waals surface area (Å²) < 4.78 is 44.3. The normalized spacial score (nSPS) is 17.1. The molecule has 1 heterocycles. The second-order valence-electron chi connectivity index (χ2n) is 5.43. The minimum atomic E-state index is -4.63. The molecule has 0 N–H and O–H groups in total. The molecule has 8 heteroatoms. The molecule has 0 aliphatic carbocycles. The van der Waals surface area contributed by atoms with Gasteiger partial charge in [0.2, 0.25) is 11.8 Å². The fourth-order valence-electron chi connectivity index (χ4n) is 2.51. The van der Waals surface area contributed by atoms with Gasteiger partial charge in [-0.25, -0.2) is 0 Å². The molecule has 1 fully saturated rings. The van der Waals surface area contributed by atoms with Gasteiger partial charge in [0.1, 0.15) is 6.61 Å². The first kappa shape index (κ1) is 18.3. The number of halogens is 3. The summed E-state index contributed by atoms with van der Waals surface area (Å²) in [6, 6.07) is 7.14. The highest BCUT2D eigenvalue weighted by molar-refractivity contribution is 5.86. The fourth-order valence-corrected chi connectivity index (χ4v) is 2.51. The molecule has 1 aliphatic heterocycles. The van der Waals surface area contributed by atoms with Crippen LogP contribution in [0.2, 0.25) is 0 Å². The molecule has 1 aromatic carbocycles. The van der Waals surface area contributed by atoms with E-state index in [0.717, 1.165) is 0 Å². The Morgan fingerprint density at radius 3 is 2.46 bits per heavy atom. The average molecular weight is 344 g/mol. The van der Waals surface area contributed by atoms with Gasteiger partial charge in [-0.1, -0.05) is 30.3 Å². The molecule has 24 heavy (non-hydrogen) atoms. The number of alkyl halides is 3. The maximum atomic E-state index is 13.1. The van der Waals surface area contributed by atoms with Gasteiger partial charge in [0.25, 0.3) is 0 Å². The summed E-state index contributed by atoms with van der Waals surface area (Å²) in [4.78, 5) is 26.7. The number of ether oxygens (including phenoxy) is 1. The smallest absolute Gasteiger partial charge is 0.354 e. The summed E-state index contributed by atoms with van der Waals surface area (Å²) in [5, 5.41) is 0. The van der Waals surface area contributed by atoms with Gasteiger partial charge in [-0.05, 0) is 12.5 Å². The van der Waals surface area contributed by atoms with E-state index in [2.05, 4.69) is 0 Å². The molecular weight excluding hydrogens is 325 g/mol. The Balaban J connectivity index is 1.97. The number of amides is 2. The summed E-state index contributed by atoms with van der Waals surface area (Å²) in [5.74, 6) is -0.836. The number of carbonyl (C=O) groups excluding carboxylic acids is 2. The molecule has 2 amide bonds. The van der Waals surface area contributed by atoms with E-state index in [1.165, 1.54) is 29.2 Å². The molecule has 5 nitrogen and oxygen atoms in total. The number of piperazine rings is 1. The predicted octanol–water partition coefficient (Wildman–Crippen LogP) is 2.00. The molecule has 0 bridgehead atoms. The zero-order valence-corrected chi connectivity index (χ0v) is 13.3. The van der Waals surface area contributed by atoms with Crippen LogP contribution in [0.5, 0.6) is 0 Å². The first-order chi connectivity index (χ1) is 11.3. The zero-order chi connectivity index (χ0) is 17.7. The Hall–Kier alpha value is -2.09. The van der Waals surface area contributed by atoms with E-state index in [-0.39, 0.29) is 18.0 Å². The molecule has 0 radical (unpaired) electrons. The van der Waals surface area contributed by atoms with Gasteiger partial charge in [0, 0.05) is 19.6 Å². The van der Waals surface area contributed by atoms with Gasteiger partial charge in [-0.3, -0.25) is 9.59 Å². The van der Waals surface area contributed by atoms with Gasteiger partial charge in [-0.2, -0.15) is 13.2 Å². The molecule has 0 aromatic heterocycles. The van der Waals surface area contributed by atoms with Crippen molar-refractivity contribution in [3.63, 3.8) is 0 Å². The number of carbonyl (C=O) groups is 2. The summed E-state index contributed by atoms with van der Waals surface area (Å²) in [6.07, 6.45) is -6.80. The highest BCUT2D eigenvalue weighted by Gasteiger charge is 2.42. The molecule has 0 saturated carbocycles. The SMILES string of the molecule is CCN1CCN(C(=O)CO[C@H](c2ccccc2)C(F)(F)F)CC1=O. The van der Waals surface area contributed by atoms with Gasteiger partial charge < -0.3 is 14.5 Å². The highest BCUT2D eigenvalue weighted by Crippen LogP contribution is 2.35. The van der Waals surface area contributed by atoms with E-state index in [4.69, 9.17) is 4.74 Å². The zero-order valence-electron chi connectivity index (χ0n) is 13.3. The lowest BCUT2D eigenvalue weighted by Crippen LogP contribution is -2.53. The molecule has 2 rings (SSSR count). The number of likely N-dealkylation sites (N-methyl/N-ethyl adjacent to an activating group) is 1. The van der Waals surface area contributed by atoms with Crippen molar-refractivity contribution < 1.29 is 27.5 Å². The van der Waals surface area contributed by atoms with E-state index < -0.39 is 24.8 Å². The van der Waals surface area contributed by atoms with E-state index in [1.807, 2.05) is 6.92 Å². The summed E-state index contributed by atoms with van der Waals surface area (Å²) in [7, 11) is 0. The average Bonchev–Trinajstić information content (AvgIpc) is 2.54. The van der Waals surface area contributed by atoms with Crippen LogP contribution in [-0.4, -0.2) is 60.6 Å². The van der Waals surface area contributed by atoms with Gasteiger partial charge >= 0.3 is 6.18 Å². The largest absolute Gasteiger partial charge is 0.418 e. The fraction of sp³-hybridized carbons (Fsp3) is 0.500. The van der Waals surface area contributed by atoms with E-state index in [1.54, 1.807) is 11.0 Å². The van der Waals surface area contributed by atoms with E-state index >= 15 is 0 Å². The van der Waals surface area contributed by atoms with Crippen molar-refractivity contribution in [1.82, 2.24) is 9.80 Å². The molecule has 1 aliphatic rings. The van der Waals surface area contributed by atoms with Crippen LogP contribution in [0.15, 0.2) is 30.3 Å². The van der Waals surface area contributed by atoms with Crippen molar-refractivity contribution in [2.24, 2.45) is 0 Å². The van der Waals surface area contributed by atoms with E-state index in [9.17, 15) is 22.8 Å². The topological polar surface area (TPSA) is 49.9 Å². The number of benzene rings is 1. The van der Waals surface area contributed by atoms with Crippen LogP contribution in [0, 0.1) is 0 Å². The number of nitrogens with zero attached hydrogens (tertiary/aromatic N) is 2.